The standard InChI is InChI=1S/C15H18BrN/c1-9-4-7-14-12(8-9)11-5-6-13(16)10(2)15(11)17(14)3/h5-6,9H,4,7-8H2,1-3H3. The fourth-order valence-corrected chi connectivity index (χ4v) is 3.54. The number of halogens is 1. The highest BCUT2D eigenvalue weighted by Crippen LogP contribution is 2.36. The lowest BCUT2D eigenvalue weighted by Gasteiger charge is -2.19. The molecule has 0 bridgehead atoms. The molecule has 17 heavy (non-hydrogen) atoms. The van der Waals surface area contributed by atoms with Gasteiger partial charge in [0.1, 0.15) is 0 Å². The van der Waals surface area contributed by atoms with Gasteiger partial charge in [-0.2, -0.15) is 0 Å². The summed E-state index contributed by atoms with van der Waals surface area (Å²) < 4.78 is 3.63. The molecule has 0 radical (unpaired) electrons. The van der Waals surface area contributed by atoms with E-state index in [0.29, 0.717) is 0 Å². The van der Waals surface area contributed by atoms with Crippen LogP contribution in [0.3, 0.4) is 0 Å². The number of rotatable bonds is 0. The van der Waals surface area contributed by atoms with Crippen molar-refractivity contribution >= 4 is 26.8 Å². The normalized spacial score (nSPS) is 19.6. The molecule has 1 aliphatic rings. The third-order valence-electron chi connectivity index (χ3n) is 4.21. The van der Waals surface area contributed by atoms with Crippen molar-refractivity contribution in [3.05, 3.63) is 33.4 Å². The Balaban J connectivity index is 2.38. The minimum Gasteiger partial charge on any atom is -0.347 e. The van der Waals surface area contributed by atoms with E-state index in [2.05, 4.69) is 53.5 Å². The van der Waals surface area contributed by atoms with Crippen LogP contribution in [-0.2, 0) is 19.9 Å². The van der Waals surface area contributed by atoms with Gasteiger partial charge in [0.05, 0.1) is 5.52 Å². The van der Waals surface area contributed by atoms with E-state index >= 15 is 0 Å². The Labute approximate surface area is 111 Å². The van der Waals surface area contributed by atoms with Gasteiger partial charge in [0, 0.05) is 22.6 Å². The van der Waals surface area contributed by atoms with Crippen LogP contribution in [0.4, 0.5) is 0 Å². The highest BCUT2D eigenvalue weighted by Gasteiger charge is 2.22. The van der Waals surface area contributed by atoms with Crippen molar-refractivity contribution in [1.29, 1.82) is 0 Å². The summed E-state index contributed by atoms with van der Waals surface area (Å²) in [6.07, 6.45) is 3.81. The first kappa shape index (κ1) is 11.3. The number of aromatic nitrogens is 1. The molecule has 2 aromatic rings. The Bertz CT molecular complexity index is 595. The van der Waals surface area contributed by atoms with E-state index in [4.69, 9.17) is 0 Å². The first-order chi connectivity index (χ1) is 8.09. The van der Waals surface area contributed by atoms with E-state index in [9.17, 15) is 0 Å². The maximum atomic E-state index is 3.64. The van der Waals surface area contributed by atoms with Gasteiger partial charge in [0.15, 0.2) is 0 Å². The molecule has 0 fully saturated rings. The first-order valence-electron chi connectivity index (χ1n) is 6.35. The van der Waals surface area contributed by atoms with Crippen LogP contribution in [0.2, 0.25) is 0 Å². The summed E-state index contributed by atoms with van der Waals surface area (Å²) in [5, 5.41) is 1.47. The summed E-state index contributed by atoms with van der Waals surface area (Å²) in [5.74, 6) is 0.831. The second-order valence-corrected chi connectivity index (χ2v) is 6.26. The third-order valence-corrected chi connectivity index (χ3v) is 5.06. The topological polar surface area (TPSA) is 4.93 Å². The van der Waals surface area contributed by atoms with E-state index in [1.807, 2.05) is 0 Å². The summed E-state index contributed by atoms with van der Waals surface area (Å²) >= 11 is 3.64. The van der Waals surface area contributed by atoms with Crippen molar-refractivity contribution in [2.45, 2.75) is 33.1 Å². The van der Waals surface area contributed by atoms with E-state index in [-0.39, 0.29) is 0 Å². The summed E-state index contributed by atoms with van der Waals surface area (Å²) in [7, 11) is 2.22. The van der Waals surface area contributed by atoms with Crippen molar-refractivity contribution in [2.75, 3.05) is 0 Å². The Morgan fingerprint density at radius 3 is 2.88 bits per heavy atom. The highest BCUT2D eigenvalue weighted by molar-refractivity contribution is 9.10. The Morgan fingerprint density at radius 1 is 1.35 bits per heavy atom. The van der Waals surface area contributed by atoms with Crippen LogP contribution in [0.1, 0.15) is 30.2 Å². The van der Waals surface area contributed by atoms with Crippen molar-refractivity contribution < 1.29 is 0 Å². The number of nitrogens with zero attached hydrogens (tertiary/aromatic N) is 1. The molecule has 1 atom stereocenters. The van der Waals surface area contributed by atoms with Crippen molar-refractivity contribution in [3.8, 4) is 0 Å². The Morgan fingerprint density at radius 2 is 2.12 bits per heavy atom. The molecule has 1 aliphatic carbocycles. The van der Waals surface area contributed by atoms with Crippen LogP contribution in [-0.4, -0.2) is 4.57 Å². The number of fused-ring (bicyclic) bond motifs is 3. The fraction of sp³-hybridized carbons (Fsp3) is 0.467. The summed E-state index contributed by atoms with van der Waals surface area (Å²) in [5.41, 5.74) is 5.93. The molecule has 0 N–H and O–H groups in total. The van der Waals surface area contributed by atoms with Crippen LogP contribution >= 0.6 is 15.9 Å². The van der Waals surface area contributed by atoms with Gasteiger partial charge in [-0.05, 0) is 49.3 Å². The fourth-order valence-electron chi connectivity index (χ4n) is 3.22. The van der Waals surface area contributed by atoms with Gasteiger partial charge in [-0.15, -0.1) is 0 Å². The zero-order valence-corrected chi connectivity index (χ0v) is 12.3. The van der Waals surface area contributed by atoms with Gasteiger partial charge in [-0.25, -0.2) is 0 Å². The lowest BCUT2D eigenvalue weighted by molar-refractivity contribution is 0.492. The smallest absolute Gasteiger partial charge is 0.0523 e. The van der Waals surface area contributed by atoms with Crippen LogP contribution in [0, 0.1) is 12.8 Å². The second kappa shape index (κ2) is 3.88. The zero-order valence-electron chi connectivity index (χ0n) is 10.7. The highest BCUT2D eigenvalue weighted by atomic mass is 79.9. The largest absolute Gasteiger partial charge is 0.347 e. The van der Waals surface area contributed by atoms with E-state index < -0.39 is 0 Å². The van der Waals surface area contributed by atoms with Crippen LogP contribution in [0.15, 0.2) is 16.6 Å². The van der Waals surface area contributed by atoms with Crippen LogP contribution in [0.5, 0.6) is 0 Å². The van der Waals surface area contributed by atoms with Gasteiger partial charge in [-0.3, -0.25) is 0 Å². The summed E-state index contributed by atoms with van der Waals surface area (Å²) in [4.78, 5) is 0. The molecule has 90 valence electrons. The molecule has 1 nitrogen and oxygen atoms in total. The van der Waals surface area contributed by atoms with Crippen molar-refractivity contribution in [3.63, 3.8) is 0 Å². The molecule has 0 saturated heterocycles. The molecule has 0 amide bonds. The van der Waals surface area contributed by atoms with Crippen molar-refractivity contribution in [1.82, 2.24) is 4.57 Å². The molecular formula is C15H18BrN. The Kier molecular flexibility index (Phi) is 2.58. The molecule has 0 spiro atoms. The minimum atomic E-state index is 0.831. The summed E-state index contributed by atoms with van der Waals surface area (Å²) in [6, 6.07) is 4.47. The molecule has 0 aliphatic heterocycles. The van der Waals surface area contributed by atoms with Gasteiger partial charge in [-0.1, -0.05) is 28.9 Å². The number of hydrogen-bond donors (Lipinski definition) is 0. The number of benzene rings is 1. The Hall–Kier alpha value is -0.760. The molecular weight excluding hydrogens is 274 g/mol. The molecule has 1 aromatic carbocycles. The zero-order chi connectivity index (χ0) is 12.2. The van der Waals surface area contributed by atoms with Gasteiger partial charge < -0.3 is 4.57 Å². The number of aryl methyl sites for hydroxylation is 2. The van der Waals surface area contributed by atoms with Crippen LogP contribution < -0.4 is 0 Å². The molecule has 1 unspecified atom stereocenters. The predicted octanol–water partition coefficient (Wildman–Crippen LogP) is 4.37. The minimum absolute atomic E-state index is 0.831. The van der Waals surface area contributed by atoms with Crippen LogP contribution in [0.25, 0.3) is 10.9 Å². The lowest BCUT2D eigenvalue weighted by atomic mass is 9.87. The second-order valence-electron chi connectivity index (χ2n) is 5.40. The van der Waals surface area contributed by atoms with Gasteiger partial charge in [0.25, 0.3) is 0 Å². The van der Waals surface area contributed by atoms with E-state index in [0.717, 1.165) is 5.92 Å². The summed E-state index contributed by atoms with van der Waals surface area (Å²) in [6.45, 7) is 4.58. The third kappa shape index (κ3) is 1.57. The molecule has 3 rings (SSSR count). The lowest BCUT2D eigenvalue weighted by Crippen LogP contribution is -2.12. The van der Waals surface area contributed by atoms with Gasteiger partial charge in [0.2, 0.25) is 0 Å². The first-order valence-corrected chi connectivity index (χ1v) is 7.14. The predicted molar refractivity (Wildman–Crippen MR) is 76.5 cm³/mol. The number of hydrogen-bond acceptors (Lipinski definition) is 0. The maximum Gasteiger partial charge on any atom is 0.0523 e. The van der Waals surface area contributed by atoms with Crippen molar-refractivity contribution in [2.24, 2.45) is 13.0 Å². The SMILES string of the molecule is Cc1c(Br)ccc2c3c(n(C)c12)CCC(C)C3. The molecule has 1 heterocycles. The maximum absolute atomic E-state index is 3.64. The van der Waals surface area contributed by atoms with Gasteiger partial charge >= 0.3 is 0 Å². The monoisotopic (exact) mass is 291 g/mol. The van der Waals surface area contributed by atoms with E-state index in [1.54, 1.807) is 11.3 Å². The molecule has 1 aromatic heterocycles. The molecule has 0 saturated carbocycles. The molecule has 2 heteroatoms. The van der Waals surface area contributed by atoms with E-state index in [1.165, 1.54) is 40.2 Å². The average molecular weight is 292 g/mol. The average Bonchev–Trinajstić information content (AvgIpc) is 2.58. The quantitative estimate of drug-likeness (QED) is 0.679.